The summed E-state index contributed by atoms with van der Waals surface area (Å²) >= 11 is 1.51. The molecule has 0 saturated heterocycles. The van der Waals surface area contributed by atoms with Gasteiger partial charge in [-0.1, -0.05) is 48.2 Å². The van der Waals surface area contributed by atoms with E-state index < -0.39 is 0 Å². The highest BCUT2D eigenvalue weighted by Crippen LogP contribution is 2.23. The number of hydrogen-bond donors (Lipinski definition) is 1. The van der Waals surface area contributed by atoms with Gasteiger partial charge in [-0.2, -0.15) is 0 Å². The Morgan fingerprint density at radius 2 is 1.62 bits per heavy atom. The van der Waals surface area contributed by atoms with Gasteiger partial charge in [0.05, 0.1) is 10.9 Å². The van der Waals surface area contributed by atoms with Crippen LogP contribution in [0.3, 0.4) is 0 Å². The number of hydrogen-bond acceptors (Lipinski definition) is 7. The number of aryl methyl sites for hydroxylation is 1. The minimum Gasteiger partial charge on any atom is -0.492 e. The van der Waals surface area contributed by atoms with Gasteiger partial charge < -0.3 is 15.0 Å². The fraction of sp³-hybridized carbons (Fsp3) is 0.300. The Morgan fingerprint density at radius 3 is 2.27 bits per heavy atom. The Hall–Kier alpha value is -2.88. The van der Waals surface area contributed by atoms with Crippen molar-refractivity contribution in [3.8, 4) is 5.75 Å². The topological polar surface area (TPSA) is 76.5 Å². The smallest absolute Gasteiger partial charge is 0.262 e. The molecule has 1 heterocycles. The van der Waals surface area contributed by atoms with E-state index in [9.17, 15) is 9.59 Å². The van der Waals surface area contributed by atoms with Crippen molar-refractivity contribution in [3.63, 3.8) is 0 Å². The summed E-state index contributed by atoms with van der Waals surface area (Å²) < 4.78 is 7.37. The number of benzene rings is 3. The van der Waals surface area contributed by atoms with E-state index in [1.54, 1.807) is 23.7 Å². The summed E-state index contributed by atoms with van der Waals surface area (Å²) in [5.74, 6) is 1.35. The van der Waals surface area contributed by atoms with Crippen LogP contribution >= 0.6 is 36.6 Å². The Balaban J connectivity index is 0.00000280. The lowest BCUT2D eigenvalue weighted by Gasteiger charge is -2.11. The lowest BCUT2D eigenvalue weighted by molar-refractivity contribution is 0.103. The average molecular weight is 604 g/mol. The van der Waals surface area contributed by atoms with Crippen molar-refractivity contribution < 1.29 is 9.53 Å². The number of fused-ring (bicyclic) bond motifs is 1. The number of thioether (sulfide) groups is 1. The van der Waals surface area contributed by atoms with Gasteiger partial charge in [0.25, 0.3) is 5.56 Å². The van der Waals surface area contributed by atoms with Crippen molar-refractivity contribution in [2.45, 2.75) is 17.8 Å². The van der Waals surface area contributed by atoms with Crippen LogP contribution in [0.4, 0.5) is 0 Å². The molecular weight excluding hydrogens is 567 g/mol. The molecule has 0 unspecified atom stereocenters. The summed E-state index contributed by atoms with van der Waals surface area (Å²) in [5.41, 5.74) is 3.90. The molecule has 0 bridgehead atoms. The molecule has 1 aromatic heterocycles. The van der Waals surface area contributed by atoms with Crippen molar-refractivity contribution in [2.24, 2.45) is 7.05 Å². The van der Waals surface area contributed by atoms with E-state index in [2.05, 4.69) is 10.2 Å². The SMILES string of the molecule is Cc1cccc2nc(SCc3ccc(C(=O)c4ccc(OCCNCCN(C)C)cc4)cc3)n(C)c(=O)c12.Cl.Cl. The highest BCUT2D eigenvalue weighted by atomic mass is 35.5. The first-order valence-electron chi connectivity index (χ1n) is 12.6. The number of carbonyl (C=O) groups excluding carboxylic acids is 1. The second kappa shape index (κ2) is 15.8. The summed E-state index contributed by atoms with van der Waals surface area (Å²) in [6.07, 6.45) is 0. The Bertz CT molecular complexity index is 1460. The van der Waals surface area contributed by atoms with Crippen LogP contribution in [0.2, 0.25) is 0 Å². The molecule has 7 nitrogen and oxygen atoms in total. The molecule has 0 saturated carbocycles. The molecule has 0 spiro atoms. The van der Waals surface area contributed by atoms with E-state index in [-0.39, 0.29) is 36.2 Å². The van der Waals surface area contributed by atoms with Gasteiger partial charge in [-0.25, -0.2) is 4.98 Å². The molecule has 40 heavy (non-hydrogen) atoms. The zero-order valence-electron chi connectivity index (χ0n) is 23.2. The zero-order valence-corrected chi connectivity index (χ0v) is 25.6. The van der Waals surface area contributed by atoms with Crippen LogP contribution in [-0.4, -0.2) is 60.6 Å². The van der Waals surface area contributed by atoms with E-state index in [0.717, 1.165) is 36.5 Å². The van der Waals surface area contributed by atoms with E-state index in [4.69, 9.17) is 9.72 Å². The van der Waals surface area contributed by atoms with Crippen molar-refractivity contribution in [1.82, 2.24) is 19.8 Å². The molecule has 4 aromatic rings. The van der Waals surface area contributed by atoms with Crippen LogP contribution < -0.4 is 15.6 Å². The number of ether oxygens (including phenoxy) is 1. The normalized spacial score (nSPS) is 10.7. The first-order valence-corrected chi connectivity index (χ1v) is 13.6. The van der Waals surface area contributed by atoms with Crippen molar-refractivity contribution in [1.29, 1.82) is 0 Å². The van der Waals surface area contributed by atoms with Crippen molar-refractivity contribution in [3.05, 3.63) is 99.3 Å². The second-order valence-electron chi connectivity index (χ2n) is 9.47. The minimum absolute atomic E-state index is 0. The molecule has 0 amide bonds. The molecular formula is C30H36Cl2N4O3S. The number of carbonyl (C=O) groups is 1. The number of rotatable bonds is 12. The molecule has 1 N–H and O–H groups in total. The fourth-order valence-electron chi connectivity index (χ4n) is 4.02. The van der Waals surface area contributed by atoms with Crippen molar-refractivity contribution in [2.75, 3.05) is 40.3 Å². The molecule has 0 atom stereocenters. The van der Waals surface area contributed by atoms with Gasteiger partial charge in [0.2, 0.25) is 0 Å². The maximum Gasteiger partial charge on any atom is 0.262 e. The molecule has 214 valence electrons. The van der Waals surface area contributed by atoms with Crippen molar-refractivity contribution >= 4 is 53.3 Å². The number of aromatic nitrogens is 2. The summed E-state index contributed by atoms with van der Waals surface area (Å²) in [4.78, 5) is 32.6. The molecule has 4 rings (SSSR count). The quantitative estimate of drug-likeness (QED) is 0.104. The second-order valence-corrected chi connectivity index (χ2v) is 10.4. The van der Waals surface area contributed by atoms with Gasteiger partial charge in [-0.15, -0.1) is 24.8 Å². The monoisotopic (exact) mass is 602 g/mol. The third-order valence-electron chi connectivity index (χ3n) is 6.26. The standard InChI is InChI=1S/C30H34N4O3S.2ClH/c1-21-6-5-7-26-27(21)29(36)34(4)30(32-26)38-20-22-8-10-23(11-9-22)28(35)24-12-14-25(15-13-24)37-19-17-31-16-18-33(2)3;;/h5-15,31H,16-20H2,1-4H3;2*1H. The third-order valence-corrected chi connectivity index (χ3v) is 7.36. The van der Waals surface area contributed by atoms with Gasteiger partial charge in [0, 0.05) is 43.6 Å². The van der Waals surface area contributed by atoms with E-state index in [1.807, 2.05) is 75.6 Å². The molecule has 0 aliphatic heterocycles. The maximum absolute atomic E-state index is 13.0. The summed E-state index contributed by atoms with van der Waals surface area (Å²) in [5, 5.41) is 4.66. The van der Waals surface area contributed by atoms with Gasteiger partial charge in [0.15, 0.2) is 10.9 Å². The number of likely N-dealkylation sites (N-methyl/N-ethyl adjacent to an activating group) is 1. The largest absolute Gasteiger partial charge is 0.492 e. The molecule has 0 aliphatic carbocycles. The van der Waals surface area contributed by atoms with Crippen LogP contribution in [0, 0.1) is 6.92 Å². The molecule has 0 aliphatic rings. The zero-order chi connectivity index (χ0) is 27.1. The van der Waals surface area contributed by atoms with Gasteiger partial charge in [0.1, 0.15) is 12.4 Å². The summed E-state index contributed by atoms with van der Waals surface area (Å²) in [7, 11) is 5.85. The highest BCUT2D eigenvalue weighted by Gasteiger charge is 2.12. The molecule has 0 radical (unpaired) electrons. The lowest BCUT2D eigenvalue weighted by Crippen LogP contribution is -2.29. The molecule has 10 heteroatoms. The average Bonchev–Trinajstić information content (AvgIpc) is 2.92. The predicted octanol–water partition coefficient (Wildman–Crippen LogP) is 5.14. The van der Waals surface area contributed by atoms with E-state index >= 15 is 0 Å². The first-order chi connectivity index (χ1) is 18.3. The maximum atomic E-state index is 13.0. The number of nitrogens with zero attached hydrogens (tertiary/aromatic N) is 3. The summed E-state index contributed by atoms with van der Waals surface area (Å²) in [6, 6.07) is 20.6. The number of halogens is 2. The number of ketones is 1. The third kappa shape index (κ3) is 8.56. The van der Waals surface area contributed by atoms with Crippen LogP contribution in [0.1, 0.15) is 27.0 Å². The lowest BCUT2D eigenvalue weighted by atomic mass is 10.0. The minimum atomic E-state index is -0.0374. The Morgan fingerprint density at radius 1 is 0.975 bits per heavy atom. The Kier molecular flexibility index (Phi) is 13.2. The van der Waals surface area contributed by atoms with Gasteiger partial charge in [-0.3, -0.25) is 14.2 Å². The summed E-state index contributed by atoms with van der Waals surface area (Å²) in [6.45, 7) is 5.17. The molecule has 0 fully saturated rings. The van der Waals surface area contributed by atoms with Crippen LogP contribution in [0.5, 0.6) is 5.75 Å². The Labute approximate surface area is 252 Å². The van der Waals surface area contributed by atoms with Gasteiger partial charge >= 0.3 is 0 Å². The predicted molar refractivity (Wildman–Crippen MR) is 169 cm³/mol. The molecule has 3 aromatic carbocycles. The highest BCUT2D eigenvalue weighted by molar-refractivity contribution is 7.98. The van der Waals surface area contributed by atoms with Crippen LogP contribution in [-0.2, 0) is 12.8 Å². The van der Waals surface area contributed by atoms with Crippen LogP contribution in [0.15, 0.2) is 76.7 Å². The van der Waals surface area contributed by atoms with E-state index in [1.165, 1.54) is 11.8 Å². The van der Waals surface area contributed by atoms with E-state index in [0.29, 0.717) is 39.5 Å². The van der Waals surface area contributed by atoms with Crippen LogP contribution in [0.25, 0.3) is 10.9 Å². The fourth-order valence-corrected chi connectivity index (χ4v) is 4.95. The first kappa shape index (κ1) is 33.3. The van der Waals surface area contributed by atoms with Gasteiger partial charge in [-0.05, 0) is 62.5 Å². The number of nitrogens with one attached hydrogen (secondary N) is 1.